The molecule has 0 radical (unpaired) electrons. The molecule has 0 amide bonds. The minimum Gasteiger partial charge on any atom is -0.493 e. The Balaban J connectivity index is 3.38. The van der Waals surface area contributed by atoms with E-state index in [1.54, 1.807) is 14.2 Å². The summed E-state index contributed by atoms with van der Waals surface area (Å²) in [6.07, 6.45) is 0. The minimum absolute atomic E-state index is 0.248. The normalized spacial score (nSPS) is 12.4. The zero-order chi connectivity index (χ0) is 12.3. The van der Waals surface area contributed by atoms with Crippen molar-refractivity contribution in [3.8, 4) is 11.5 Å². The van der Waals surface area contributed by atoms with Gasteiger partial charge < -0.3 is 15.2 Å². The molecule has 1 unspecified atom stereocenters. The zero-order valence-electron chi connectivity index (χ0n) is 10.1. The topological polar surface area (TPSA) is 44.5 Å². The molecule has 0 bridgehead atoms. The van der Waals surface area contributed by atoms with Gasteiger partial charge in [0, 0.05) is 0 Å². The Hall–Kier alpha value is -0.930. The summed E-state index contributed by atoms with van der Waals surface area (Å²) in [5, 5.41) is 0.595. The number of rotatable bonds is 4. The molecule has 0 spiro atoms. The van der Waals surface area contributed by atoms with Gasteiger partial charge in [-0.3, -0.25) is 0 Å². The van der Waals surface area contributed by atoms with Crippen molar-refractivity contribution in [1.82, 2.24) is 0 Å². The molecule has 1 rings (SSSR count). The number of methoxy groups -OCH3 is 2. The summed E-state index contributed by atoms with van der Waals surface area (Å²) in [5.74, 6) is 1.47. The lowest BCUT2D eigenvalue weighted by Crippen LogP contribution is -2.11. The van der Waals surface area contributed by atoms with Crippen LogP contribution in [0.25, 0.3) is 0 Å². The molecule has 4 heteroatoms. The average Bonchev–Trinajstić information content (AvgIpc) is 2.31. The number of hydrogen-bond acceptors (Lipinski definition) is 3. The highest BCUT2D eigenvalue weighted by atomic mass is 35.5. The van der Waals surface area contributed by atoms with Crippen molar-refractivity contribution < 1.29 is 9.47 Å². The summed E-state index contributed by atoms with van der Waals surface area (Å²) in [6, 6.07) is 1.94. The van der Waals surface area contributed by atoms with Gasteiger partial charge in [-0.05, 0) is 36.6 Å². The molecular weight excluding hydrogens is 226 g/mol. The van der Waals surface area contributed by atoms with E-state index in [1.807, 2.05) is 13.0 Å². The summed E-state index contributed by atoms with van der Waals surface area (Å²) < 4.78 is 10.5. The second-order valence-electron chi connectivity index (χ2n) is 3.78. The summed E-state index contributed by atoms with van der Waals surface area (Å²) in [7, 11) is 3.18. The third-order valence-electron chi connectivity index (χ3n) is 2.78. The SMILES string of the molecule is COc1cc(C(C)CN)c(C)c(Cl)c1OC. The monoisotopic (exact) mass is 243 g/mol. The van der Waals surface area contributed by atoms with E-state index in [2.05, 4.69) is 6.92 Å². The Morgan fingerprint density at radius 2 is 2.00 bits per heavy atom. The number of nitrogens with two attached hydrogens (primary N) is 1. The maximum Gasteiger partial charge on any atom is 0.179 e. The lowest BCUT2D eigenvalue weighted by Gasteiger charge is -2.18. The first-order chi connectivity index (χ1) is 7.56. The first-order valence-electron chi connectivity index (χ1n) is 5.17. The van der Waals surface area contributed by atoms with Crippen LogP contribution in [0.5, 0.6) is 11.5 Å². The Labute approximate surface area is 101 Å². The lowest BCUT2D eigenvalue weighted by atomic mass is 9.96. The van der Waals surface area contributed by atoms with Crippen molar-refractivity contribution >= 4 is 11.6 Å². The number of benzene rings is 1. The lowest BCUT2D eigenvalue weighted by molar-refractivity contribution is 0.354. The van der Waals surface area contributed by atoms with Gasteiger partial charge in [0.25, 0.3) is 0 Å². The third-order valence-corrected chi connectivity index (χ3v) is 3.24. The van der Waals surface area contributed by atoms with Crippen molar-refractivity contribution in [3.05, 3.63) is 22.2 Å². The fraction of sp³-hybridized carbons (Fsp3) is 0.500. The van der Waals surface area contributed by atoms with Gasteiger partial charge in [-0.15, -0.1) is 0 Å². The van der Waals surface area contributed by atoms with E-state index in [0.717, 1.165) is 11.1 Å². The van der Waals surface area contributed by atoms with Gasteiger partial charge in [-0.25, -0.2) is 0 Å². The zero-order valence-corrected chi connectivity index (χ0v) is 10.9. The van der Waals surface area contributed by atoms with Gasteiger partial charge >= 0.3 is 0 Å². The van der Waals surface area contributed by atoms with E-state index >= 15 is 0 Å². The third kappa shape index (κ3) is 2.25. The van der Waals surface area contributed by atoms with E-state index in [4.69, 9.17) is 26.8 Å². The highest BCUT2D eigenvalue weighted by molar-refractivity contribution is 6.33. The molecular formula is C12H18ClNO2. The predicted molar refractivity (Wildman–Crippen MR) is 66.8 cm³/mol. The van der Waals surface area contributed by atoms with Crippen LogP contribution in [0.3, 0.4) is 0 Å². The van der Waals surface area contributed by atoms with Gasteiger partial charge in [-0.1, -0.05) is 18.5 Å². The maximum atomic E-state index is 6.24. The Bertz CT molecular complexity index is 380. The number of hydrogen-bond donors (Lipinski definition) is 1. The summed E-state index contributed by atoms with van der Waals surface area (Å²) in [5.41, 5.74) is 7.77. The Morgan fingerprint density at radius 1 is 1.38 bits per heavy atom. The molecule has 0 aliphatic carbocycles. The van der Waals surface area contributed by atoms with Crippen LogP contribution in [0, 0.1) is 6.92 Å². The first-order valence-corrected chi connectivity index (χ1v) is 5.55. The van der Waals surface area contributed by atoms with Crippen molar-refractivity contribution in [2.75, 3.05) is 20.8 Å². The molecule has 0 heterocycles. The highest BCUT2D eigenvalue weighted by Gasteiger charge is 2.18. The minimum atomic E-state index is 0.248. The predicted octanol–water partition coefficient (Wildman–Crippen LogP) is 2.73. The summed E-state index contributed by atoms with van der Waals surface area (Å²) in [4.78, 5) is 0. The standard InChI is InChI=1S/C12H18ClNO2/c1-7(6-14)9-5-10(15-3)12(16-4)11(13)8(9)2/h5,7H,6,14H2,1-4H3. The maximum absolute atomic E-state index is 6.24. The van der Waals surface area contributed by atoms with Crippen molar-refractivity contribution in [2.45, 2.75) is 19.8 Å². The second kappa shape index (κ2) is 5.41. The molecule has 0 saturated carbocycles. The first kappa shape index (κ1) is 13.1. The molecule has 2 N–H and O–H groups in total. The fourth-order valence-corrected chi connectivity index (χ4v) is 1.98. The van der Waals surface area contributed by atoms with Crippen LogP contribution in [0.4, 0.5) is 0 Å². The molecule has 0 saturated heterocycles. The molecule has 1 atom stereocenters. The molecule has 90 valence electrons. The van der Waals surface area contributed by atoms with Crippen LogP contribution in [-0.2, 0) is 0 Å². The van der Waals surface area contributed by atoms with Gasteiger partial charge in [-0.2, -0.15) is 0 Å². The van der Waals surface area contributed by atoms with E-state index in [1.165, 1.54) is 0 Å². The number of halogens is 1. The summed E-state index contributed by atoms with van der Waals surface area (Å²) >= 11 is 6.24. The largest absolute Gasteiger partial charge is 0.493 e. The molecule has 16 heavy (non-hydrogen) atoms. The van der Waals surface area contributed by atoms with E-state index in [9.17, 15) is 0 Å². The molecule has 1 aromatic carbocycles. The summed E-state index contributed by atoms with van der Waals surface area (Å²) in [6.45, 7) is 4.60. The average molecular weight is 244 g/mol. The quantitative estimate of drug-likeness (QED) is 0.885. The fourth-order valence-electron chi connectivity index (χ4n) is 1.70. The Morgan fingerprint density at radius 3 is 2.44 bits per heavy atom. The second-order valence-corrected chi connectivity index (χ2v) is 4.15. The Kier molecular flexibility index (Phi) is 4.44. The molecule has 3 nitrogen and oxygen atoms in total. The molecule has 0 aliphatic heterocycles. The molecule has 0 aromatic heterocycles. The van der Waals surface area contributed by atoms with Gasteiger partial charge in [0.05, 0.1) is 19.2 Å². The highest BCUT2D eigenvalue weighted by Crippen LogP contribution is 2.41. The smallest absolute Gasteiger partial charge is 0.179 e. The van der Waals surface area contributed by atoms with Crippen LogP contribution < -0.4 is 15.2 Å². The van der Waals surface area contributed by atoms with Crippen LogP contribution in [-0.4, -0.2) is 20.8 Å². The van der Waals surface area contributed by atoms with Crippen LogP contribution in [0.1, 0.15) is 24.0 Å². The van der Waals surface area contributed by atoms with Crippen LogP contribution in [0.15, 0.2) is 6.07 Å². The van der Waals surface area contributed by atoms with Crippen molar-refractivity contribution in [2.24, 2.45) is 5.73 Å². The van der Waals surface area contributed by atoms with E-state index in [-0.39, 0.29) is 5.92 Å². The van der Waals surface area contributed by atoms with Crippen molar-refractivity contribution in [1.29, 1.82) is 0 Å². The van der Waals surface area contributed by atoms with Crippen LogP contribution >= 0.6 is 11.6 Å². The molecule has 0 fully saturated rings. The van der Waals surface area contributed by atoms with Crippen molar-refractivity contribution in [3.63, 3.8) is 0 Å². The number of ether oxygens (including phenoxy) is 2. The van der Waals surface area contributed by atoms with Gasteiger partial charge in [0.15, 0.2) is 11.5 Å². The van der Waals surface area contributed by atoms with E-state index in [0.29, 0.717) is 23.1 Å². The molecule has 0 aliphatic rings. The molecule has 1 aromatic rings. The van der Waals surface area contributed by atoms with Gasteiger partial charge in [0.2, 0.25) is 0 Å². The van der Waals surface area contributed by atoms with Crippen LogP contribution in [0.2, 0.25) is 5.02 Å². The van der Waals surface area contributed by atoms with E-state index < -0.39 is 0 Å². The van der Waals surface area contributed by atoms with Gasteiger partial charge in [0.1, 0.15) is 0 Å².